The predicted molar refractivity (Wildman–Crippen MR) is 134 cm³/mol. The molecule has 5 rings (SSSR count). The van der Waals surface area contributed by atoms with Gasteiger partial charge in [0, 0.05) is 36.5 Å². The summed E-state index contributed by atoms with van der Waals surface area (Å²) in [7, 11) is 0. The van der Waals surface area contributed by atoms with E-state index in [9.17, 15) is 18.8 Å². The summed E-state index contributed by atoms with van der Waals surface area (Å²) in [6.45, 7) is 7.83. The molecule has 35 heavy (non-hydrogen) atoms. The normalized spacial score (nSPS) is 25.0. The van der Waals surface area contributed by atoms with Crippen molar-refractivity contribution < 1.29 is 18.8 Å². The van der Waals surface area contributed by atoms with Crippen LogP contribution < -0.4 is 16.4 Å². The van der Waals surface area contributed by atoms with Crippen LogP contribution in [0.1, 0.15) is 51.5 Å². The lowest BCUT2D eigenvalue weighted by atomic mass is 9.57. The van der Waals surface area contributed by atoms with Crippen molar-refractivity contribution in [1.29, 1.82) is 0 Å². The van der Waals surface area contributed by atoms with Gasteiger partial charge in [0.15, 0.2) is 0 Å². The Balaban J connectivity index is 0.000000179. The summed E-state index contributed by atoms with van der Waals surface area (Å²) in [5.74, 6) is -0.496. The molecule has 1 aliphatic carbocycles. The Bertz CT molecular complexity index is 1000. The molecule has 4 N–H and O–H groups in total. The highest BCUT2D eigenvalue weighted by Gasteiger charge is 2.55. The molecule has 4 aliphatic rings. The minimum absolute atomic E-state index is 0.0141. The quantitative estimate of drug-likeness (QED) is 0.531. The number of fused-ring (bicyclic) bond motifs is 1. The molecule has 192 valence electrons. The van der Waals surface area contributed by atoms with Crippen LogP contribution in [0.25, 0.3) is 0 Å². The van der Waals surface area contributed by atoms with Crippen LogP contribution in [0.15, 0.2) is 12.1 Å². The maximum atomic E-state index is 14.0. The molecule has 1 saturated carbocycles. The van der Waals surface area contributed by atoms with E-state index in [1.54, 1.807) is 4.90 Å². The number of anilines is 2. The number of piperidine rings is 1. The second kappa shape index (κ2) is 9.93. The Kier molecular flexibility index (Phi) is 7.29. The zero-order valence-corrected chi connectivity index (χ0v) is 21.2. The van der Waals surface area contributed by atoms with Crippen molar-refractivity contribution in [3.05, 3.63) is 23.5 Å². The molecular weight excluding hydrogens is 473 g/mol. The standard InChI is InChI=1S/C16H22FN3O.C9H13ClN2O2/c1-3-18-13-10-11(17)9-12-14(13)19-15(21)16(12,2)20-7-5-4-6-8-20;10-3-7(13)12-4-9(5-12)1-6(2-9)8(11)14/h9-10,18H,3-8H2,1-2H3,(H,19,21);6H,1-5H2,(H2,11,14). The van der Waals surface area contributed by atoms with Gasteiger partial charge < -0.3 is 21.3 Å². The number of nitrogens with two attached hydrogens (primary N) is 1. The number of alkyl halides is 1. The van der Waals surface area contributed by atoms with E-state index in [0.29, 0.717) is 12.2 Å². The predicted octanol–water partition coefficient (Wildman–Crippen LogP) is 2.86. The lowest BCUT2D eigenvalue weighted by molar-refractivity contribution is -0.156. The maximum absolute atomic E-state index is 14.0. The Morgan fingerprint density at radius 3 is 2.46 bits per heavy atom. The molecular formula is C25H35ClFN5O3. The molecule has 3 fully saturated rings. The summed E-state index contributed by atoms with van der Waals surface area (Å²) in [6.07, 6.45) is 5.07. The van der Waals surface area contributed by atoms with Crippen LogP contribution in [0.5, 0.6) is 0 Å². The van der Waals surface area contributed by atoms with Crippen LogP contribution in [-0.4, -0.2) is 66.1 Å². The first kappa shape index (κ1) is 25.7. The van der Waals surface area contributed by atoms with Crippen molar-refractivity contribution in [3.63, 3.8) is 0 Å². The Labute approximate surface area is 210 Å². The van der Waals surface area contributed by atoms with E-state index in [1.165, 1.54) is 18.6 Å². The topological polar surface area (TPSA) is 108 Å². The number of hydrogen-bond donors (Lipinski definition) is 3. The van der Waals surface area contributed by atoms with Crippen LogP contribution >= 0.6 is 11.6 Å². The molecule has 1 unspecified atom stereocenters. The Hall–Kier alpha value is -2.39. The van der Waals surface area contributed by atoms with Gasteiger partial charge in [-0.25, -0.2) is 4.39 Å². The third-order valence-electron chi connectivity index (χ3n) is 7.94. The molecule has 1 aromatic rings. The van der Waals surface area contributed by atoms with Gasteiger partial charge in [0.25, 0.3) is 0 Å². The fraction of sp³-hybridized carbons (Fsp3) is 0.640. The van der Waals surface area contributed by atoms with Gasteiger partial charge in [-0.15, -0.1) is 11.6 Å². The van der Waals surface area contributed by atoms with E-state index in [2.05, 4.69) is 15.5 Å². The van der Waals surface area contributed by atoms with Crippen molar-refractivity contribution in [2.45, 2.75) is 51.5 Å². The van der Waals surface area contributed by atoms with Crippen molar-refractivity contribution in [3.8, 4) is 0 Å². The van der Waals surface area contributed by atoms with Crippen LogP contribution in [0.3, 0.4) is 0 Å². The van der Waals surface area contributed by atoms with Gasteiger partial charge in [0.1, 0.15) is 17.2 Å². The molecule has 10 heteroatoms. The van der Waals surface area contributed by atoms with Gasteiger partial charge in [-0.05, 0) is 64.8 Å². The van der Waals surface area contributed by atoms with E-state index in [-0.39, 0.29) is 40.8 Å². The Morgan fingerprint density at radius 2 is 1.89 bits per heavy atom. The second-order valence-electron chi connectivity index (χ2n) is 10.4. The summed E-state index contributed by atoms with van der Waals surface area (Å²) in [6, 6.07) is 2.95. The van der Waals surface area contributed by atoms with E-state index in [0.717, 1.165) is 63.1 Å². The third-order valence-corrected chi connectivity index (χ3v) is 8.17. The van der Waals surface area contributed by atoms with E-state index >= 15 is 0 Å². The second-order valence-corrected chi connectivity index (χ2v) is 10.6. The molecule has 3 aliphatic heterocycles. The zero-order chi connectivity index (χ0) is 25.4. The van der Waals surface area contributed by atoms with Crippen molar-refractivity contribution >= 4 is 40.7 Å². The molecule has 1 atom stereocenters. The van der Waals surface area contributed by atoms with Crippen molar-refractivity contribution in [1.82, 2.24) is 9.80 Å². The molecule has 3 heterocycles. The minimum atomic E-state index is -0.762. The summed E-state index contributed by atoms with van der Waals surface area (Å²) in [5.41, 5.74) is 6.77. The Morgan fingerprint density at radius 1 is 1.23 bits per heavy atom. The lowest BCUT2D eigenvalue weighted by Crippen LogP contribution is -2.65. The average Bonchev–Trinajstić information content (AvgIpc) is 3.04. The van der Waals surface area contributed by atoms with Gasteiger partial charge in [0.2, 0.25) is 17.7 Å². The summed E-state index contributed by atoms with van der Waals surface area (Å²) in [4.78, 5) is 38.5. The van der Waals surface area contributed by atoms with Crippen LogP contribution in [-0.2, 0) is 19.9 Å². The first-order chi connectivity index (χ1) is 16.6. The first-order valence-corrected chi connectivity index (χ1v) is 12.9. The van der Waals surface area contributed by atoms with Crippen molar-refractivity contribution in [2.75, 3.05) is 49.2 Å². The van der Waals surface area contributed by atoms with Crippen LogP contribution in [0.2, 0.25) is 0 Å². The number of halogens is 2. The molecule has 0 aromatic heterocycles. The number of nitrogens with zero attached hydrogens (tertiary/aromatic N) is 2. The van der Waals surface area contributed by atoms with Crippen LogP contribution in [0.4, 0.5) is 15.8 Å². The number of benzene rings is 1. The van der Waals surface area contributed by atoms with Gasteiger partial charge in [-0.2, -0.15) is 0 Å². The highest BCUT2D eigenvalue weighted by molar-refractivity contribution is 6.27. The van der Waals surface area contributed by atoms with Gasteiger partial charge >= 0.3 is 0 Å². The average molecular weight is 508 g/mol. The molecule has 2 saturated heterocycles. The molecule has 3 amide bonds. The minimum Gasteiger partial charge on any atom is -0.384 e. The molecule has 0 radical (unpaired) electrons. The van der Waals surface area contributed by atoms with E-state index in [4.69, 9.17) is 17.3 Å². The lowest BCUT2D eigenvalue weighted by Gasteiger charge is -2.58. The van der Waals surface area contributed by atoms with Crippen molar-refractivity contribution in [2.24, 2.45) is 17.1 Å². The number of rotatable bonds is 5. The highest BCUT2D eigenvalue weighted by atomic mass is 35.5. The molecule has 0 bridgehead atoms. The maximum Gasteiger partial charge on any atom is 0.249 e. The number of carbonyl (C=O) groups is 3. The fourth-order valence-corrected chi connectivity index (χ4v) is 6.11. The highest BCUT2D eigenvalue weighted by Crippen LogP contribution is 2.51. The number of hydrogen-bond acceptors (Lipinski definition) is 5. The smallest absolute Gasteiger partial charge is 0.249 e. The van der Waals surface area contributed by atoms with Gasteiger partial charge in [-0.3, -0.25) is 19.3 Å². The number of nitrogens with one attached hydrogen (secondary N) is 2. The van der Waals surface area contributed by atoms with E-state index < -0.39 is 5.54 Å². The summed E-state index contributed by atoms with van der Waals surface area (Å²) >= 11 is 5.43. The van der Waals surface area contributed by atoms with E-state index in [1.807, 2.05) is 13.8 Å². The zero-order valence-electron chi connectivity index (χ0n) is 20.5. The monoisotopic (exact) mass is 507 g/mol. The third kappa shape index (κ3) is 4.72. The summed E-state index contributed by atoms with van der Waals surface area (Å²) in [5, 5.41) is 6.09. The largest absolute Gasteiger partial charge is 0.384 e. The number of carbonyl (C=O) groups excluding carboxylic acids is 3. The van der Waals surface area contributed by atoms with Gasteiger partial charge in [-0.1, -0.05) is 6.42 Å². The summed E-state index contributed by atoms with van der Waals surface area (Å²) < 4.78 is 14.0. The first-order valence-electron chi connectivity index (χ1n) is 12.4. The number of primary amides is 1. The number of likely N-dealkylation sites (tertiary alicyclic amines) is 2. The molecule has 1 aromatic carbocycles. The van der Waals surface area contributed by atoms with Crippen LogP contribution in [0, 0.1) is 17.2 Å². The van der Waals surface area contributed by atoms with Gasteiger partial charge in [0.05, 0.1) is 11.4 Å². The molecule has 1 spiro atoms. The fourth-order valence-electron chi connectivity index (χ4n) is 5.94. The molecule has 8 nitrogen and oxygen atoms in total. The SMILES string of the molecule is CCNc1cc(F)cc2c1NC(=O)C2(C)N1CCCCC1.NC(=O)C1CC2(C1)CN(C(=O)CCl)C2. The number of amides is 3.